The third-order valence-electron chi connectivity index (χ3n) is 10.9. The molecule has 0 spiro atoms. The highest BCUT2D eigenvalue weighted by Gasteiger charge is 2.25. The second kappa shape index (κ2) is 43.0. The average Bonchev–Trinajstić information content (AvgIpc) is 3.21. The van der Waals surface area contributed by atoms with E-state index in [9.17, 15) is 19.5 Å². The van der Waals surface area contributed by atoms with Crippen LogP contribution in [0.15, 0.2) is 48.6 Å². The van der Waals surface area contributed by atoms with E-state index in [1.807, 2.05) is 0 Å². The Morgan fingerprint density at radius 2 is 0.933 bits per heavy atom. The molecule has 0 amide bonds. The van der Waals surface area contributed by atoms with Crippen LogP contribution in [0.25, 0.3) is 0 Å². The molecule has 2 unspecified atom stereocenters. The molecule has 0 aliphatic heterocycles. The molecule has 0 radical (unpaired) electrons. The van der Waals surface area contributed by atoms with Crippen LogP contribution in [0.1, 0.15) is 213 Å². The summed E-state index contributed by atoms with van der Waals surface area (Å²) in [5.74, 6) is -1.74. The van der Waals surface area contributed by atoms with Gasteiger partial charge in [-0.3, -0.25) is 9.59 Å². The van der Waals surface area contributed by atoms with Crippen molar-refractivity contribution in [1.29, 1.82) is 0 Å². The molecule has 0 aliphatic carbocycles. The van der Waals surface area contributed by atoms with Gasteiger partial charge in [0, 0.05) is 19.3 Å². The fraction of sp³-hybridized carbons (Fsp3) is 0.788. The first-order valence-electron chi connectivity index (χ1n) is 24.7. The van der Waals surface area contributed by atoms with E-state index in [1.165, 1.54) is 122 Å². The van der Waals surface area contributed by atoms with Crippen LogP contribution in [0.3, 0.4) is 0 Å². The largest absolute Gasteiger partial charge is 0.544 e. The summed E-state index contributed by atoms with van der Waals surface area (Å²) in [4.78, 5) is 37.0. The summed E-state index contributed by atoms with van der Waals surface area (Å²) >= 11 is 0. The van der Waals surface area contributed by atoms with Crippen LogP contribution in [-0.4, -0.2) is 75.5 Å². The topological polar surface area (TPSA) is 102 Å². The van der Waals surface area contributed by atoms with Crippen molar-refractivity contribution in [2.75, 3.05) is 41.0 Å². The van der Waals surface area contributed by atoms with Gasteiger partial charge in [0.05, 0.1) is 40.3 Å². The molecule has 0 aromatic heterocycles. The summed E-state index contributed by atoms with van der Waals surface area (Å²) in [5, 5.41) is 11.6. The molecule has 0 N–H and O–H groups in total. The lowest BCUT2D eigenvalue weighted by Gasteiger charge is -2.34. The summed E-state index contributed by atoms with van der Waals surface area (Å²) in [6, 6.07) is -0.727. The second-order valence-corrected chi connectivity index (χ2v) is 17.7. The second-order valence-electron chi connectivity index (χ2n) is 17.7. The highest BCUT2D eigenvalue weighted by atomic mass is 16.6. The smallest absolute Gasteiger partial charge is 0.306 e. The first kappa shape index (κ1) is 57.3. The number of unbranched alkanes of at least 4 members (excludes halogenated alkanes) is 22. The third-order valence-corrected chi connectivity index (χ3v) is 10.9. The third kappa shape index (κ3) is 40.7. The molecule has 348 valence electrons. The van der Waals surface area contributed by atoms with E-state index < -0.39 is 18.1 Å². The van der Waals surface area contributed by atoms with Gasteiger partial charge in [-0.25, -0.2) is 0 Å². The number of carboxylic acid groups (broad SMARTS) is 1. The van der Waals surface area contributed by atoms with Gasteiger partial charge in [-0.15, -0.1) is 0 Å². The summed E-state index contributed by atoms with van der Waals surface area (Å²) in [7, 11) is 5.41. The monoisotopic (exact) mass is 844 g/mol. The van der Waals surface area contributed by atoms with Gasteiger partial charge in [-0.2, -0.15) is 0 Å². The number of likely N-dealkylation sites (N-methyl/N-ethyl adjacent to an activating group) is 1. The number of carbonyl (C=O) groups excluding carboxylic acids is 3. The van der Waals surface area contributed by atoms with Crippen molar-refractivity contribution in [3.63, 3.8) is 0 Å². The summed E-state index contributed by atoms with van der Waals surface area (Å²) in [6.45, 7) is 4.55. The molecular formula is C52H93NO7. The van der Waals surface area contributed by atoms with Crippen LogP contribution in [-0.2, 0) is 28.6 Å². The van der Waals surface area contributed by atoms with E-state index in [0.29, 0.717) is 12.8 Å². The Morgan fingerprint density at radius 3 is 1.40 bits per heavy atom. The van der Waals surface area contributed by atoms with Gasteiger partial charge in [0.25, 0.3) is 0 Å². The number of nitrogens with zero attached hydrogens (tertiary/aromatic N) is 1. The standard InChI is InChI=1S/C52H93NO7/c1-6-8-10-12-14-16-18-20-22-23-24-25-26-27-29-31-33-35-37-39-41-43-51(55)60-48(46-58-45-44-49(52(56)57)53(3,4)5)47-59-50(54)42-40-38-36-34-32-30-28-21-19-17-15-13-11-9-7-2/h8,10,14,16-17,19-20,22,48-49H,6-7,9,11-13,15,18,21,23-47H2,1-5H3/b10-8+,16-14+,19-17+,22-20+. The van der Waals surface area contributed by atoms with Crippen molar-refractivity contribution < 1.29 is 38.2 Å². The molecule has 0 heterocycles. The molecule has 0 aromatic carbocycles. The molecular weight excluding hydrogens is 751 g/mol. The Kier molecular flexibility index (Phi) is 41.0. The van der Waals surface area contributed by atoms with Crippen LogP contribution in [0, 0.1) is 0 Å². The fourth-order valence-corrected chi connectivity index (χ4v) is 7.14. The van der Waals surface area contributed by atoms with Gasteiger partial charge < -0.3 is 28.6 Å². The van der Waals surface area contributed by atoms with E-state index in [0.717, 1.165) is 57.8 Å². The lowest BCUT2D eigenvalue weighted by Crippen LogP contribution is -2.55. The van der Waals surface area contributed by atoms with Crippen molar-refractivity contribution in [1.82, 2.24) is 0 Å². The Balaban J connectivity index is 4.25. The van der Waals surface area contributed by atoms with Gasteiger partial charge >= 0.3 is 11.9 Å². The number of rotatable bonds is 44. The minimum absolute atomic E-state index is 0.0389. The molecule has 8 nitrogen and oxygen atoms in total. The first-order valence-corrected chi connectivity index (χ1v) is 24.7. The van der Waals surface area contributed by atoms with E-state index in [1.54, 1.807) is 21.1 Å². The zero-order chi connectivity index (χ0) is 44.2. The minimum Gasteiger partial charge on any atom is -0.544 e. The number of hydrogen-bond donors (Lipinski definition) is 0. The lowest BCUT2D eigenvalue weighted by atomic mass is 10.0. The zero-order valence-corrected chi connectivity index (χ0v) is 39.6. The quantitative estimate of drug-likeness (QED) is 0.0260. The Bertz CT molecular complexity index is 1120. The fourth-order valence-electron chi connectivity index (χ4n) is 7.14. The SMILES string of the molecule is CC/C=C/C/C=C/C/C=C/CCCCCCCCCCCCCC(=O)OC(COCCC(C(=O)[O-])[N+](C)(C)C)COC(=O)CCCCCCCCC/C=C/CCCCCC. The number of aliphatic carboxylic acids is 1. The van der Waals surface area contributed by atoms with Crippen LogP contribution < -0.4 is 5.11 Å². The lowest BCUT2D eigenvalue weighted by molar-refractivity contribution is -0.889. The molecule has 0 saturated heterocycles. The van der Waals surface area contributed by atoms with E-state index >= 15 is 0 Å². The Hall–Kier alpha value is -2.71. The number of carbonyl (C=O) groups is 3. The maximum atomic E-state index is 12.8. The van der Waals surface area contributed by atoms with E-state index in [-0.39, 0.29) is 42.7 Å². The summed E-state index contributed by atoms with van der Waals surface area (Å²) < 4.78 is 17.2. The Morgan fingerprint density at radius 1 is 0.517 bits per heavy atom. The molecule has 0 aromatic rings. The predicted octanol–water partition coefficient (Wildman–Crippen LogP) is 12.6. The number of allylic oxidation sites excluding steroid dienone is 8. The molecule has 0 rings (SSSR count). The molecule has 0 saturated carbocycles. The maximum Gasteiger partial charge on any atom is 0.306 e. The van der Waals surface area contributed by atoms with Crippen LogP contribution in [0.4, 0.5) is 0 Å². The van der Waals surface area contributed by atoms with Crippen molar-refractivity contribution in [3.05, 3.63) is 48.6 Å². The summed E-state index contributed by atoms with van der Waals surface area (Å²) in [6.07, 6.45) is 51.3. The number of carboxylic acids is 1. The highest BCUT2D eigenvalue weighted by molar-refractivity contribution is 5.70. The first-order chi connectivity index (χ1) is 29.1. The van der Waals surface area contributed by atoms with Crippen LogP contribution in [0.2, 0.25) is 0 Å². The van der Waals surface area contributed by atoms with Crippen molar-refractivity contribution in [2.24, 2.45) is 0 Å². The highest BCUT2D eigenvalue weighted by Crippen LogP contribution is 2.15. The number of ether oxygens (including phenoxy) is 3. The predicted molar refractivity (Wildman–Crippen MR) is 250 cm³/mol. The van der Waals surface area contributed by atoms with Crippen LogP contribution in [0.5, 0.6) is 0 Å². The van der Waals surface area contributed by atoms with Gasteiger partial charge in [-0.05, 0) is 70.6 Å². The number of esters is 2. The van der Waals surface area contributed by atoms with Crippen molar-refractivity contribution >= 4 is 17.9 Å². The number of hydrogen-bond acceptors (Lipinski definition) is 7. The van der Waals surface area contributed by atoms with Gasteiger partial charge in [0.2, 0.25) is 0 Å². The van der Waals surface area contributed by atoms with Crippen molar-refractivity contribution in [3.8, 4) is 0 Å². The molecule has 2 atom stereocenters. The Labute approximate surface area is 369 Å². The molecule has 0 bridgehead atoms. The van der Waals surface area contributed by atoms with Gasteiger partial charge in [0.15, 0.2) is 6.10 Å². The molecule has 0 fully saturated rings. The molecule has 8 heteroatoms. The van der Waals surface area contributed by atoms with Crippen molar-refractivity contribution in [2.45, 2.75) is 225 Å². The maximum absolute atomic E-state index is 12.8. The molecule has 60 heavy (non-hydrogen) atoms. The van der Waals surface area contributed by atoms with Gasteiger partial charge in [0.1, 0.15) is 12.6 Å². The average molecular weight is 844 g/mol. The van der Waals surface area contributed by atoms with E-state index in [2.05, 4.69) is 62.5 Å². The van der Waals surface area contributed by atoms with Crippen LogP contribution >= 0.6 is 0 Å². The number of quaternary nitrogens is 1. The summed E-state index contributed by atoms with van der Waals surface area (Å²) in [5.41, 5.74) is 0. The minimum atomic E-state index is -1.13. The van der Waals surface area contributed by atoms with Gasteiger partial charge in [-0.1, -0.05) is 172 Å². The normalized spacial score (nSPS) is 13.3. The zero-order valence-electron chi connectivity index (χ0n) is 39.6. The molecule has 0 aliphatic rings. The van der Waals surface area contributed by atoms with E-state index in [4.69, 9.17) is 14.2 Å².